The van der Waals surface area contributed by atoms with Crippen molar-refractivity contribution in [3.8, 4) is 0 Å². The molecule has 1 heterocycles. The first-order valence-electron chi connectivity index (χ1n) is 5.00. The van der Waals surface area contributed by atoms with Gasteiger partial charge in [0.15, 0.2) is 0 Å². The SMILES string of the molecule is CC(C)(CNc1nc(Cl)ncc1Cl)NS(C)(=O)=O. The second-order valence-corrected chi connectivity index (χ2v) is 6.94. The third-order valence-electron chi connectivity index (χ3n) is 1.87. The monoisotopic (exact) mass is 312 g/mol. The molecule has 1 rings (SSSR count). The summed E-state index contributed by atoms with van der Waals surface area (Å²) in [7, 11) is -3.29. The summed E-state index contributed by atoms with van der Waals surface area (Å²) in [4.78, 5) is 7.62. The highest BCUT2D eigenvalue weighted by Crippen LogP contribution is 2.20. The van der Waals surface area contributed by atoms with E-state index in [9.17, 15) is 8.42 Å². The average molecular weight is 313 g/mol. The third kappa shape index (κ3) is 5.34. The molecule has 1 aromatic heterocycles. The Hall–Kier alpha value is -0.630. The molecule has 0 amide bonds. The van der Waals surface area contributed by atoms with Crippen molar-refractivity contribution in [2.24, 2.45) is 0 Å². The third-order valence-corrected chi connectivity index (χ3v) is 3.26. The molecule has 9 heteroatoms. The van der Waals surface area contributed by atoms with Crippen LogP contribution in [-0.2, 0) is 10.0 Å². The lowest BCUT2D eigenvalue weighted by Gasteiger charge is -2.25. The van der Waals surface area contributed by atoms with E-state index in [1.165, 1.54) is 6.20 Å². The van der Waals surface area contributed by atoms with E-state index in [0.29, 0.717) is 17.4 Å². The molecule has 6 nitrogen and oxygen atoms in total. The van der Waals surface area contributed by atoms with E-state index in [-0.39, 0.29) is 5.28 Å². The molecule has 0 aliphatic rings. The number of rotatable bonds is 5. The van der Waals surface area contributed by atoms with Crippen LogP contribution < -0.4 is 10.0 Å². The van der Waals surface area contributed by atoms with Gasteiger partial charge in [0.05, 0.1) is 12.5 Å². The van der Waals surface area contributed by atoms with Gasteiger partial charge in [-0.05, 0) is 25.4 Å². The Balaban J connectivity index is 2.72. The molecule has 0 aromatic carbocycles. The number of halogens is 2. The number of nitrogens with zero attached hydrogens (tertiary/aromatic N) is 2. The van der Waals surface area contributed by atoms with Crippen LogP contribution in [0.15, 0.2) is 6.20 Å². The highest BCUT2D eigenvalue weighted by molar-refractivity contribution is 7.88. The molecule has 102 valence electrons. The van der Waals surface area contributed by atoms with Gasteiger partial charge in [-0.1, -0.05) is 11.6 Å². The molecule has 0 spiro atoms. The molecular formula is C9H14Cl2N4O2S. The van der Waals surface area contributed by atoms with Gasteiger partial charge in [-0.25, -0.2) is 18.1 Å². The van der Waals surface area contributed by atoms with E-state index < -0.39 is 15.6 Å². The zero-order chi connectivity index (χ0) is 14.0. The van der Waals surface area contributed by atoms with E-state index in [1.54, 1.807) is 13.8 Å². The molecule has 0 saturated heterocycles. The van der Waals surface area contributed by atoms with Crippen molar-refractivity contribution in [2.45, 2.75) is 19.4 Å². The molecule has 0 saturated carbocycles. The maximum atomic E-state index is 11.2. The minimum atomic E-state index is -3.29. The van der Waals surface area contributed by atoms with Crippen molar-refractivity contribution < 1.29 is 8.42 Å². The molecule has 0 fully saturated rings. The quantitative estimate of drug-likeness (QED) is 0.805. The van der Waals surface area contributed by atoms with E-state index in [4.69, 9.17) is 23.2 Å². The number of sulfonamides is 1. The van der Waals surface area contributed by atoms with Gasteiger partial charge in [-0.15, -0.1) is 0 Å². The normalized spacial score (nSPS) is 12.5. The fourth-order valence-corrected chi connectivity index (χ4v) is 2.68. The Morgan fingerprint density at radius 3 is 2.56 bits per heavy atom. The van der Waals surface area contributed by atoms with Crippen LogP contribution in [0.2, 0.25) is 10.3 Å². The average Bonchev–Trinajstić information content (AvgIpc) is 2.16. The fourth-order valence-electron chi connectivity index (χ4n) is 1.31. The van der Waals surface area contributed by atoms with Gasteiger partial charge in [0, 0.05) is 12.1 Å². The van der Waals surface area contributed by atoms with E-state index >= 15 is 0 Å². The molecule has 0 bridgehead atoms. The first-order chi connectivity index (χ1) is 8.09. The Morgan fingerprint density at radius 1 is 1.39 bits per heavy atom. The predicted molar refractivity (Wildman–Crippen MR) is 72.6 cm³/mol. The summed E-state index contributed by atoms with van der Waals surface area (Å²) in [5, 5.41) is 3.30. The summed E-state index contributed by atoms with van der Waals surface area (Å²) in [6.07, 6.45) is 2.47. The number of nitrogens with one attached hydrogen (secondary N) is 2. The molecule has 0 radical (unpaired) electrons. The predicted octanol–water partition coefficient (Wildman–Crippen LogP) is 1.52. The van der Waals surface area contributed by atoms with Crippen LogP contribution in [-0.4, -0.2) is 36.7 Å². The van der Waals surface area contributed by atoms with E-state index in [2.05, 4.69) is 20.0 Å². The topological polar surface area (TPSA) is 84.0 Å². The summed E-state index contributed by atoms with van der Waals surface area (Å²) < 4.78 is 24.8. The number of hydrogen-bond donors (Lipinski definition) is 2. The Morgan fingerprint density at radius 2 is 2.00 bits per heavy atom. The van der Waals surface area contributed by atoms with Crippen molar-refractivity contribution in [2.75, 3.05) is 18.1 Å². The van der Waals surface area contributed by atoms with Crippen LogP contribution in [0.5, 0.6) is 0 Å². The minimum absolute atomic E-state index is 0.0655. The first-order valence-corrected chi connectivity index (χ1v) is 7.65. The molecule has 0 unspecified atom stereocenters. The van der Waals surface area contributed by atoms with Crippen LogP contribution in [0.25, 0.3) is 0 Å². The van der Waals surface area contributed by atoms with Crippen LogP contribution in [0.3, 0.4) is 0 Å². The van der Waals surface area contributed by atoms with Crippen molar-refractivity contribution in [3.63, 3.8) is 0 Å². The highest BCUT2D eigenvalue weighted by atomic mass is 35.5. The Kier molecular flexibility index (Phi) is 4.77. The van der Waals surface area contributed by atoms with Crippen molar-refractivity contribution in [3.05, 3.63) is 16.5 Å². The van der Waals surface area contributed by atoms with Crippen LogP contribution in [0.1, 0.15) is 13.8 Å². The van der Waals surface area contributed by atoms with Gasteiger partial charge in [-0.2, -0.15) is 4.98 Å². The molecule has 2 N–H and O–H groups in total. The lowest BCUT2D eigenvalue weighted by molar-refractivity contribution is 0.476. The van der Waals surface area contributed by atoms with Crippen molar-refractivity contribution in [1.29, 1.82) is 0 Å². The highest BCUT2D eigenvalue weighted by Gasteiger charge is 2.22. The molecular weight excluding hydrogens is 299 g/mol. The second kappa shape index (κ2) is 5.56. The van der Waals surface area contributed by atoms with Crippen molar-refractivity contribution >= 4 is 39.0 Å². The van der Waals surface area contributed by atoms with Crippen LogP contribution in [0, 0.1) is 0 Å². The zero-order valence-corrected chi connectivity index (χ0v) is 12.5. The molecule has 0 atom stereocenters. The molecule has 1 aromatic rings. The van der Waals surface area contributed by atoms with E-state index in [0.717, 1.165) is 6.26 Å². The maximum Gasteiger partial charge on any atom is 0.224 e. The largest absolute Gasteiger partial charge is 0.367 e. The summed E-state index contributed by atoms with van der Waals surface area (Å²) in [5.41, 5.74) is -0.686. The van der Waals surface area contributed by atoms with Gasteiger partial charge in [-0.3, -0.25) is 0 Å². The van der Waals surface area contributed by atoms with Gasteiger partial charge >= 0.3 is 0 Å². The van der Waals surface area contributed by atoms with Gasteiger partial charge < -0.3 is 5.32 Å². The molecule has 0 aliphatic heterocycles. The minimum Gasteiger partial charge on any atom is -0.367 e. The first kappa shape index (κ1) is 15.4. The summed E-state index contributed by atoms with van der Waals surface area (Å²) in [6, 6.07) is 0. The Labute approximate surface area is 116 Å². The number of hydrogen-bond acceptors (Lipinski definition) is 5. The number of aromatic nitrogens is 2. The summed E-state index contributed by atoms with van der Waals surface area (Å²) >= 11 is 11.5. The van der Waals surface area contributed by atoms with Gasteiger partial charge in [0.2, 0.25) is 15.3 Å². The number of anilines is 1. The maximum absolute atomic E-state index is 11.2. The lowest BCUT2D eigenvalue weighted by Crippen LogP contribution is -2.47. The smallest absolute Gasteiger partial charge is 0.224 e. The van der Waals surface area contributed by atoms with Gasteiger partial charge in [0.25, 0.3) is 0 Å². The van der Waals surface area contributed by atoms with Crippen LogP contribution in [0.4, 0.5) is 5.82 Å². The fraction of sp³-hybridized carbons (Fsp3) is 0.556. The second-order valence-electron chi connectivity index (χ2n) is 4.45. The standard InChI is InChI=1S/C9H14Cl2N4O2S/c1-9(2,15-18(3,16)17)5-13-7-6(10)4-12-8(11)14-7/h4,15H,5H2,1-3H3,(H,12,13,14). The zero-order valence-electron chi connectivity index (χ0n) is 10.2. The lowest BCUT2D eigenvalue weighted by atomic mass is 10.1. The summed E-state index contributed by atoms with van der Waals surface area (Å²) in [6.45, 7) is 3.77. The molecule has 0 aliphatic carbocycles. The van der Waals surface area contributed by atoms with Crippen molar-refractivity contribution in [1.82, 2.24) is 14.7 Å². The van der Waals surface area contributed by atoms with E-state index in [1.807, 2.05) is 0 Å². The Bertz CT molecular complexity index is 533. The summed E-state index contributed by atoms with van der Waals surface area (Å²) in [5.74, 6) is 0.361. The van der Waals surface area contributed by atoms with Gasteiger partial charge in [0.1, 0.15) is 10.8 Å². The van der Waals surface area contributed by atoms with Crippen LogP contribution >= 0.6 is 23.2 Å². The molecule has 18 heavy (non-hydrogen) atoms.